The van der Waals surface area contributed by atoms with Gasteiger partial charge in [-0.25, -0.2) is 0 Å². The largest absolute Gasteiger partial charge is 0.497 e. The molecule has 0 heterocycles. The Hall–Kier alpha value is -3.15. The molecule has 0 saturated heterocycles. The van der Waals surface area contributed by atoms with Crippen LogP contribution in [0.3, 0.4) is 0 Å². The van der Waals surface area contributed by atoms with Gasteiger partial charge < -0.3 is 14.8 Å². The third-order valence-electron chi connectivity index (χ3n) is 3.66. The summed E-state index contributed by atoms with van der Waals surface area (Å²) in [6.07, 6.45) is -0.00417. The average molecular weight is 355 g/mol. The van der Waals surface area contributed by atoms with Crippen molar-refractivity contribution in [2.75, 3.05) is 13.7 Å². The number of benzene rings is 2. The average Bonchev–Trinajstić information content (AvgIpc) is 2.69. The van der Waals surface area contributed by atoms with Gasteiger partial charge >= 0.3 is 5.97 Å². The van der Waals surface area contributed by atoms with E-state index in [0.717, 1.165) is 11.3 Å². The molecule has 26 heavy (non-hydrogen) atoms. The van der Waals surface area contributed by atoms with Gasteiger partial charge in [0.05, 0.1) is 13.5 Å². The minimum absolute atomic E-state index is 0.0519. The SMILES string of the molecule is COc1ccc(CNC(=O)COC(=O)CCC(=O)c2ccccc2)cc1. The summed E-state index contributed by atoms with van der Waals surface area (Å²) in [6.45, 7) is -0.0403. The minimum Gasteiger partial charge on any atom is -0.497 e. The third-order valence-corrected chi connectivity index (χ3v) is 3.66. The second-order valence-corrected chi connectivity index (χ2v) is 5.57. The fraction of sp³-hybridized carbons (Fsp3) is 0.250. The van der Waals surface area contributed by atoms with Crippen LogP contribution in [0.15, 0.2) is 54.6 Å². The number of rotatable bonds is 9. The lowest BCUT2D eigenvalue weighted by Crippen LogP contribution is -2.28. The molecule has 0 atom stereocenters. The van der Waals surface area contributed by atoms with Crippen LogP contribution < -0.4 is 10.1 Å². The number of amides is 1. The standard InChI is InChI=1S/C20H21NO5/c1-25-17-9-7-15(8-10-17)13-21-19(23)14-26-20(24)12-11-18(22)16-5-3-2-4-6-16/h2-10H,11-14H2,1H3,(H,21,23). The van der Waals surface area contributed by atoms with Crippen LogP contribution in [-0.4, -0.2) is 31.4 Å². The molecule has 0 bridgehead atoms. The van der Waals surface area contributed by atoms with Gasteiger partial charge in [0.1, 0.15) is 5.75 Å². The summed E-state index contributed by atoms with van der Waals surface area (Å²) in [5.74, 6) is -0.372. The molecular weight excluding hydrogens is 334 g/mol. The summed E-state index contributed by atoms with van der Waals surface area (Å²) < 4.78 is 9.95. The van der Waals surface area contributed by atoms with Crippen LogP contribution in [0.4, 0.5) is 0 Å². The topological polar surface area (TPSA) is 81.7 Å². The molecule has 0 aromatic heterocycles. The highest BCUT2D eigenvalue weighted by Gasteiger charge is 2.11. The zero-order valence-corrected chi connectivity index (χ0v) is 14.6. The molecular formula is C20H21NO5. The first kappa shape index (κ1) is 19.2. The van der Waals surface area contributed by atoms with E-state index >= 15 is 0 Å². The lowest BCUT2D eigenvalue weighted by atomic mass is 10.1. The van der Waals surface area contributed by atoms with Crippen molar-refractivity contribution >= 4 is 17.7 Å². The van der Waals surface area contributed by atoms with Crippen LogP contribution in [0.2, 0.25) is 0 Å². The fourth-order valence-electron chi connectivity index (χ4n) is 2.20. The Morgan fingerprint density at radius 2 is 1.62 bits per heavy atom. The van der Waals surface area contributed by atoms with Gasteiger partial charge in [-0.15, -0.1) is 0 Å². The third kappa shape index (κ3) is 6.39. The molecule has 136 valence electrons. The molecule has 2 rings (SSSR count). The van der Waals surface area contributed by atoms with Gasteiger partial charge in [0.2, 0.25) is 0 Å². The molecule has 0 unspecified atom stereocenters. The van der Waals surface area contributed by atoms with Crippen LogP contribution in [0.5, 0.6) is 5.75 Å². The van der Waals surface area contributed by atoms with Crippen molar-refractivity contribution in [3.8, 4) is 5.75 Å². The number of hydrogen-bond acceptors (Lipinski definition) is 5. The highest BCUT2D eigenvalue weighted by atomic mass is 16.5. The Balaban J connectivity index is 1.65. The number of carbonyl (C=O) groups excluding carboxylic acids is 3. The molecule has 0 saturated carbocycles. The monoisotopic (exact) mass is 355 g/mol. The smallest absolute Gasteiger partial charge is 0.306 e. The summed E-state index contributed by atoms with van der Waals surface area (Å²) >= 11 is 0. The molecule has 1 amide bonds. The van der Waals surface area contributed by atoms with Gasteiger partial charge in [-0.3, -0.25) is 14.4 Å². The van der Waals surface area contributed by atoms with Crippen molar-refractivity contribution in [2.24, 2.45) is 0 Å². The molecule has 0 aliphatic carbocycles. The van der Waals surface area contributed by atoms with Crippen molar-refractivity contribution in [3.05, 3.63) is 65.7 Å². The van der Waals surface area contributed by atoms with E-state index in [9.17, 15) is 14.4 Å². The predicted octanol–water partition coefficient (Wildman–Crippen LogP) is 2.52. The minimum atomic E-state index is -0.575. The molecule has 1 N–H and O–H groups in total. The molecule has 0 spiro atoms. The number of ketones is 1. The second-order valence-electron chi connectivity index (χ2n) is 5.57. The van der Waals surface area contributed by atoms with Gasteiger partial charge in [-0.05, 0) is 17.7 Å². The van der Waals surface area contributed by atoms with E-state index in [2.05, 4.69) is 5.32 Å². The van der Waals surface area contributed by atoms with E-state index in [1.807, 2.05) is 18.2 Å². The van der Waals surface area contributed by atoms with Gasteiger partial charge in [-0.1, -0.05) is 42.5 Å². The highest BCUT2D eigenvalue weighted by Crippen LogP contribution is 2.11. The van der Waals surface area contributed by atoms with Gasteiger partial charge in [0.25, 0.3) is 5.91 Å². The number of esters is 1. The van der Waals surface area contributed by atoms with Crippen molar-refractivity contribution in [3.63, 3.8) is 0 Å². The Morgan fingerprint density at radius 3 is 2.27 bits per heavy atom. The summed E-state index contributed by atoms with van der Waals surface area (Å²) in [5.41, 5.74) is 1.46. The maximum atomic E-state index is 11.9. The normalized spacial score (nSPS) is 10.0. The Morgan fingerprint density at radius 1 is 0.923 bits per heavy atom. The molecule has 0 fully saturated rings. The number of ether oxygens (including phenoxy) is 2. The fourth-order valence-corrected chi connectivity index (χ4v) is 2.20. The van der Waals surface area contributed by atoms with Crippen LogP contribution in [0, 0.1) is 0 Å². The Bertz CT molecular complexity index is 741. The maximum Gasteiger partial charge on any atom is 0.306 e. The van der Waals surface area contributed by atoms with E-state index in [-0.39, 0.29) is 25.2 Å². The quantitative estimate of drug-likeness (QED) is 0.552. The first-order valence-corrected chi connectivity index (χ1v) is 8.22. The second kappa shape index (κ2) is 9.98. The number of carbonyl (C=O) groups is 3. The van der Waals surface area contributed by atoms with Gasteiger partial charge in [0, 0.05) is 18.5 Å². The van der Waals surface area contributed by atoms with Crippen LogP contribution >= 0.6 is 0 Å². The molecule has 0 radical (unpaired) electrons. The summed E-state index contributed by atoms with van der Waals surface area (Å²) in [5, 5.41) is 2.66. The summed E-state index contributed by atoms with van der Waals surface area (Å²) in [7, 11) is 1.58. The lowest BCUT2D eigenvalue weighted by Gasteiger charge is -2.07. The zero-order chi connectivity index (χ0) is 18.8. The van der Waals surface area contributed by atoms with E-state index in [4.69, 9.17) is 9.47 Å². The summed E-state index contributed by atoms with van der Waals surface area (Å²) in [4.78, 5) is 35.3. The van der Waals surface area contributed by atoms with E-state index in [0.29, 0.717) is 12.1 Å². The number of hydrogen-bond donors (Lipinski definition) is 1. The zero-order valence-electron chi connectivity index (χ0n) is 14.6. The van der Waals surface area contributed by atoms with E-state index in [1.165, 1.54) is 0 Å². The van der Waals surface area contributed by atoms with Gasteiger partial charge in [-0.2, -0.15) is 0 Å². The molecule has 6 nitrogen and oxygen atoms in total. The van der Waals surface area contributed by atoms with E-state index < -0.39 is 11.9 Å². The van der Waals surface area contributed by atoms with Crippen LogP contribution in [0.1, 0.15) is 28.8 Å². The molecule has 0 aliphatic heterocycles. The lowest BCUT2D eigenvalue weighted by molar-refractivity contribution is -0.148. The van der Waals surface area contributed by atoms with Crippen molar-refractivity contribution in [1.29, 1.82) is 0 Å². The van der Waals surface area contributed by atoms with Crippen LogP contribution in [0.25, 0.3) is 0 Å². The number of nitrogens with one attached hydrogen (secondary N) is 1. The molecule has 0 aliphatic rings. The van der Waals surface area contributed by atoms with E-state index in [1.54, 1.807) is 43.5 Å². The maximum absolute atomic E-state index is 11.9. The first-order chi connectivity index (χ1) is 12.6. The van der Waals surface area contributed by atoms with Crippen molar-refractivity contribution < 1.29 is 23.9 Å². The van der Waals surface area contributed by atoms with Crippen molar-refractivity contribution in [2.45, 2.75) is 19.4 Å². The molecule has 2 aromatic rings. The van der Waals surface area contributed by atoms with Crippen LogP contribution in [-0.2, 0) is 20.9 Å². The Labute approximate surface area is 152 Å². The Kier molecular flexibility index (Phi) is 7.36. The van der Waals surface area contributed by atoms with Crippen molar-refractivity contribution in [1.82, 2.24) is 5.32 Å². The predicted molar refractivity (Wildman–Crippen MR) is 95.8 cm³/mol. The molecule has 6 heteroatoms. The highest BCUT2D eigenvalue weighted by molar-refractivity contribution is 5.97. The summed E-state index contributed by atoms with van der Waals surface area (Å²) in [6, 6.07) is 16.0. The number of methoxy groups -OCH3 is 1. The molecule has 2 aromatic carbocycles. The van der Waals surface area contributed by atoms with Gasteiger partial charge in [0.15, 0.2) is 12.4 Å². The first-order valence-electron chi connectivity index (χ1n) is 8.22. The number of Topliss-reactive ketones (excluding diaryl/α,β-unsaturated/α-hetero) is 1.